The highest BCUT2D eigenvalue weighted by molar-refractivity contribution is 7.99. The molecule has 120 valence electrons. The monoisotopic (exact) mass is 329 g/mol. The van der Waals surface area contributed by atoms with Crippen LogP contribution in [-0.4, -0.2) is 45.0 Å². The fourth-order valence-corrected chi connectivity index (χ4v) is 4.24. The minimum absolute atomic E-state index is 0.113. The van der Waals surface area contributed by atoms with Gasteiger partial charge in [-0.15, -0.1) is 11.8 Å². The van der Waals surface area contributed by atoms with Gasteiger partial charge in [-0.25, -0.2) is 0 Å². The minimum atomic E-state index is -0.381. The number of para-hydroxylation sites is 1. The summed E-state index contributed by atoms with van der Waals surface area (Å²) in [6.45, 7) is 1.58. The summed E-state index contributed by atoms with van der Waals surface area (Å²) in [5, 5.41) is 4.26. The van der Waals surface area contributed by atoms with Crippen LogP contribution in [0.25, 0.3) is 0 Å². The van der Waals surface area contributed by atoms with Crippen molar-refractivity contribution in [2.75, 3.05) is 12.3 Å². The molecule has 0 saturated carbocycles. The first-order valence-corrected chi connectivity index (χ1v) is 8.96. The lowest BCUT2D eigenvalue weighted by Crippen LogP contribution is -2.47. The molecule has 0 spiro atoms. The number of aromatic nitrogens is 2. The molecule has 23 heavy (non-hydrogen) atoms. The van der Waals surface area contributed by atoms with E-state index in [1.54, 1.807) is 18.0 Å². The molecule has 1 aromatic carbocycles. The number of benzene rings is 1. The van der Waals surface area contributed by atoms with Gasteiger partial charge in [-0.05, 0) is 31.0 Å². The van der Waals surface area contributed by atoms with Crippen molar-refractivity contribution in [2.45, 2.75) is 36.4 Å². The number of fused-ring (bicyclic) bond motifs is 1. The lowest BCUT2D eigenvalue weighted by atomic mass is 10.2. The molecular formula is C17H19N3O2S. The van der Waals surface area contributed by atoms with E-state index in [1.807, 2.05) is 46.1 Å². The predicted molar refractivity (Wildman–Crippen MR) is 88.5 cm³/mol. The Morgan fingerprint density at radius 1 is 1.35 bits per heavy atom. The smallest absolute Gasteiger partial charge is 0.264 e. The summed E-state index contributed by atoms with van der Waals surface area (Å²) in [4.78, 5) is 16.0. The van der Waals surface area contributed by atoms with Gasteiger partial charge in [0.2, 0.25) is 0 Å². The van der Waals surface area contributed by atoms with E-state index in [0.29, 0.717) is 5.75 Å². The average molecular weight is 329 g/mol. The summed E-state index contributed by atoms with van der Waals surface area (Å²) in [6, 6.07) is 10.1. The van der Waals surface area contributed by atoms with Crippen molar-refractivity contribution in [3.05, 3.63) is 42.7 Å². The number of amides is 1. The number of carbonyl (C=O) groups excluding carboxylic acids is 1. The molecule has 2 aromatic rings. The Labute approximate surface area is 139 Å². The van der Waals surface area contributed by atoms with Crippen molar-refractivity contribution in [1.82, 2.24) is 14.7 Å². The minimum Gasteiger partial charge on any atom is -0.479 e. The summed E-state index contributed by atoms with van der Waals surface area (Å²) in [7, 11) is 0. The predicted octanol–water partition coefficient (Wildman–Crippen LogP) is 2.43. The molecule has 5 nitrogen and oxygen atoms in total. The van der Waals surface area contributed by atoms with Gasteiger partial charge in [0.25, 0.3) is 5.91 Å². The highest BCUT2D eigenvalue weighted by atomic mass is 32.2. The lowest BCUT2D eigenvalue weighted by Gasteiger charge is -2.31. The van der Waals surface area contributed by atoms with Gasteiger partial charge < -0.3 is 9.64 Å². The highest BCUT2D eigenvalue weighted by Gasteiger charge is 2.36. The second kappa shape index (κ2) is 6.28. The lowest BCUT2D eigenvalue weighted by molar-refractivity contribution is -0.139. The Balaban J connectivity index is 1.46. The molecular weight excluding hydrogens is 310 g/mol. The van der Waals surface area contributed by atoms with Crippen molar-refractivity contribution in [1.29, 1.82) is 0 Å². The molecule has 3 heterocycles. The molecule has 0 aliphatic carbocycles. The normalized spacial score (nSPS) is 23.4. The highest BCUT2D eigenvalue weighted by Crippen LogP contribution is 2.36. The van der Waals surface area contributed by atoms with Gasteiger partial charge in [0.15, 0.2) is 6.10 Å². The quantitative estimate of drug-likeness (QED) is 0.868. The number of likely N-dealkylation sites (tertiary alicyclic amines) is 1. The molecule has 2 aliphatic heterocycles. The maximum atomic E-state index is 12.9. The summed E-state index contributed by atoms with van der Waals surface area (Å²) in [5.74, 6) is 1.62. The molecule has 1 amide bonds. The zero-order chi connectivity index (χ0) is 15.6. The molecule has 6 heteroatoms. The number of rotatable bonds is 3. The van der Waals surface area contributed by atoms with E-state index >= 15 is 0 Å². The summed E-state index contributed by atoms with van der Waals surface area (Å²) in [6.07, 6.45) is 5.42. The van der Waals surface area contributed by atoms with E-state index in [1.165, 1.54) is 0 Å². The second-order valence-electron chi connectivity index (χ2n) is 5.92. The largest absolute Gasteiger partial charge is 0.479 e. The van der Waals surface area contributed by atoms with E-state index in [4.69, 9.17) is 4.74 Å². The number of hydrogen-bond donors (Lipinski definition) is 0. The summed E-state index contributed by atoms with van der Waals surface area (Å²) >= 11 is 1.70. The first-order chi connectivity index (χ1) is 11.3. The SMILES string of the molecule is O=C([C@@H]1CSc2ccccc2O1)N1CCC[C@@H]1Cn1cccn1. The topological polar surface area (TPSA) is 47.4 Å². The van der Waals surface area contributed by atoms with E-state index in [2.05, 4.69) is 5.10 Å². The molecule has 1 saturated heterocycles. The third-order valence-electron chi connectivity index (χ3n) is 4.40. The van der Waals surface area contributed by atoms with E-state index in [9.17, 15) is 4.79 Å². The molecule has 4 rings (SSSR count). The van der Waals surface area contributed by atoms with Crippen molar-refractivity contribution in [3.63, 3.8) is 0 Å². The van der Waals surface area contributed by atoms with Crippen LogP contribution in [0.2, 0.25) is 0 Å². The van der Waals surface area contributed by atoms with Gasteiger partial charge in [-0.1, -0.05) is 12.1 Å². The van der Waals surface area contributed by atoms with Crippen molar-refractivity contribution in [2.24, 2.45) is 0 Å². The van der Waals surface area contributed by atoms with Gasteiger partial charge in [0.05, 0.1) is 12.6 Å². The molecule has 1 aromatic heterocycles. The van der Waals surface area contributed by atoms with Gasteiger partial charge in [0.1, 0.15) is 5.75 Å². The van der Waals surface area contributed by atoms with Crippen LogP contribution in [0.5, 0.6) is 5.75 Å². The summed E-state index contributed by atoms with van der Waals surface area (Å²) < 4.78 is 7.86. The molecule has 0 unspecified atom stereocenters. The average Bonchev–Trinajstić information content (AvgIpc) is 3.26. The fraction of sp³-hybridized carbons (Fsp3) is 0.412. The van der Waals surface area contributed by atoms with Gasteiger partial charge in [-0.2, -0.15) is 5.10 Å². The molecule has 0 N–H and O–H groups in total. The second-order valence-corrected chi connectivity index (χ2v) is 6.98. The number of hydrogen-bond acceptors (Lipinski definition) is 4. The Kier molecular flexibility index (Phi) is 3.99. The van der Waals surface area contributed by atoms with Crippen LogP contribution in [0.4, 0.5) is 0 Å². The zero-order valence-corrected chi connectivity index (χ0v) is 13.6. The fourth-order valence-electron chi connectivity index (χ4n) is 3.27. The summed E-state index contributed by atoms with van der Waals surface area (Å²) in [5.41, 5.74) is 0. The first-order valence-electron chi connectivity index (χ1n) is 7.97. The van der Waals surface area contributed by atoms with Crippen LogP contribution in [0.3, 0.4) is 0 Å². The number of ether oxygens (including phenoxy) is 1. The van der Waals surface area contributed by atoms with Gasteiger partial charge in [0, 0.05) is 29.6 Å². The van der Waals surface area contributed by atoms with Gasteiger partial charge in [-0.3, -0.25) is 9.48 Å². The standard InChI is InChI=1S/C17H19N3O2S/c21-17(15-12-23-16-7-2-1-6-14(16)22-15)20-10-3-5-13(20)11-19-9-4-8-18-19/h1-2,4,6-9,13,15H,3,5,10-12H2/t13-,15+/m1/s1. The molecule has 1 fully saturated rings. The maximum absolute atomic E-state index is 12.9. The Morgan fingerprint density at radius 2 is 2.26 bits per heavy atom. The van der Waals surface area contributed by atoms with E-state index in [0.717, 1.165) is 36.6 Å². The van der Waals surface area contributed by atoms with Crippen LogP contribution >= 0.6 is 11.8 Å². The Morgan fingerprint density at radius 3 is 3.13 bits per heavy atom. The van der Waals surface area contributed by atoms with Crippen molar-refractivity contribution >= 4 is 17.7 Å². The molecule has 2 atom stereocenters. The van der Waals surface area contributed by atoms with Crippen LogP contribution in [0, 0.1) is 0 Å². The maximum Gasteiger partial charge on any atom is 0.264 e. The Hall–Kier alpha value is -1.95. The van der Waals surface area contributed by atoms with E-state index < -0.39 is 0 Å². The van der Waals surface area contributed by atoms with E-state index in [-0.39, 0.29) is 18.1 Å². The third-order valence-corrected chi connectivity index (χ3v) is 5.52. The van der Waals surface area contributed by atoms with Crippen LogP contribution in [0.1, 0.15) is 12.8 Å². The molecule has 2 aliphatic rings. The van der Waals surface area contributed by atoms with Crippen molar-refractivity contribution in [3.8, 4) is 5.75 Å². The zero-order valence-electron chi connectivity index (χ0n) is 12.8. The number of nitrogens with zero attached hydrogens (tertiary/aromatic N) is 3. The number of carbonyl (C=O) groups is 1. The Bertz CT molecular complexity index is 689. The van der Waals surface area contributed by atoms with Crippen LogP contribution < -0.4 is 4.74 Å². The molecule has 0 radical (unpaired) electrons. The number of thioether (sulfide) groups is 1. The molecule has 0 bridgehead atoms. The van der Waals surface area contributed by atoms with Crippen LogP contribution in [0.15, 0.2) is 47.6 Å². The third kappa shape index (κ3) is 2.95. The van der Waals surface area contributed by atoms with Gasteiger partial charge >= 0.3 is 0 Å². The first kappa shape index (κ1) is 14.6. The van der Waals surface area contributed by atoms with Crippen molar-refractivity contribution < 1.29 is 9.53 Å². The van der Waals surface area contributed by atoms with Crippen LogP contribution in [-0.2, 0) is 11.3 Å².